The van der Waals surface area contributed by atoms with Crippen LogP contribution in [-0.2, 0) is 0 Å². The molecule has 26 heavy (non-hydrogen) atoms. The minimum atomic E-state index is -0.171. The summed E-state index contributed by atoms with van der Waals surface area (Å²) >= 11 is 0. The standard InChI is InChI=1S/C19H23N5O2/c1-4-14(26-15-6-5-8-20-11-15)7-9-24(3)18-13(2)10-16-17(23-18)21-12-22-19(16)25/h5-6,8,10-12,14H,4,7,9H2,1-3H3,(H,21,22,23,25). The first-order chi connectivity index (χ1) is 12.6. The van der Waals surface area contributed by atoms with Gasteiger partial charge in [-0.1, -0.05) is 6.92 Å². The molecular formula is C19H23N5O2. The van der Waals surface area contributed by atoms with Gasteiger partial charge in [0.05, 0.1) is 17.9 Å². The van der Waals surface area contributed by atoms with E-state index in [9.17, 15) is 4.79 Å². The summed E-state index contributed by atoms with van der Waals surface area (Å²) in [7, 11) is 1.99. The lowest BCUT2D eigenvalue weighted by molar-refractivity contribution is 0.188. The number of nitrogens with one attached hydrogen (secondary N) is 1. The van der Waals surface area contributed by atoms with Gasteiger partial charge >= 0.3 is 0 Å². The molecule has 0 fully saturated rings. The molecule has 7 heteroatoms. The lowest BCUT2D eigenvalue weighted by atomic mass is 10.1. The zero-order valence-corrected chi connectivity index (χ0v) is 15.3. The Labute approximate surface area is 152 Å². The molecule has 0 aliphatic heterocycles. The van der Waals surface area contributed by atoms with E-state index in [1.165, 1.54) is 6.33 Å². The Kier molecular flexibility index (Phi) is 5.46. The van der Waals surface area contributed by atoms with Crippen LogP contribution in [0.15, 0.2) is 41.7 Å². The predicted molar refractivity (Wildman–Crippen MR) is 102 cm³/mol. The Bertz CT molecular complexity index is 926. The number of aryl methyl sites for hydroxylation is 1. The van der Waals surface area contributed by atoms with Gasteiger partial charge in [-0.25, -0.2) is 9.97 Å². The van der Waals surface area contributed by atoms with Gasteiger partial charge in [-0.15, -0.1) is 0 Å². The molecule has 0 radical (unpaired) electrons. The second-order valence-corrected chi connectivity index (χ2v) is 6.28. The van der Waals surface area contributed by atoms with E-state index in [1.807, 2.05) is 32.2 Å². The summed E-state index contributed by atoms with van der Waals surface area (Å²) in [6.45, 7) is 4.84. The summed E-state index contributed by atoms with van der Waals surface area (Å²) in [4.78, 5) is 29.3. The fourth-order valence-corrected chi connectivity index (χ4v) is 2.88. The predicted octanol–water partition coefficient (Wildman–Crippen LogP) is 2.71. The lowest BCUT2D eigenvalue weighted by Gasteiger charge is -2.24. The van der Waals surface area contributed by atoms with E-state index in [0.717, 1.165) is 36.5 Å². The number of pyridine rings is 2. The molecule has 7 nitrogen and oxygen atoms in total. The third-order valence-corrected chi connectivity index (χ3v) is 4.33. The van der Waals surface area contributed by atoms with Crippen LogP contribution < -0.4 is 15.2 Å². The van der Waals surface area contributed by atoms with Crippen molar-refractivity contribution in [2.24, 2.45) is 0 Å². The highest BCUT2D eigenvalue weighted by Crippen LogP contribution is 2.20. The third kappa shape index (κ3) is 3.99. The van der Waals surface area contributed by atoms with Crippen molar-refractivity contribution < 1.29 is 4.74 Å². The summed E-state index contributed by atoms with van der Waals surface area (Å²) in [6, 6.07) is 5.62. The Morgan fingerprint density at radius 3 is 2.96 bits per heavy atom. The molecule has 1 unspecified atom stereocenters. The van der Waals surface area contributed by atoms with E-state index in [-0.39, 0.29) is 11.7 Å². The highest BCUT2D eigenvalue weighted by Gasteiger charge is 2.14. The van der Waals surface area contributed by atoms with Crippen LogP contribution in [0.3, 0.4) is 0 Å². The second-order valence-electron chi connectivity index (χ2n) is 6.28. The molecule has 0 saturated carbocycles. The zero-order chi connectivity index (χ0) is 18.5. The quantitative estimate of drug-likeness (QED) is 0.703. The molecule has 0 spiro atoms. The fraction of sp³-hybridized carbons (Fsp3) is 0.368. The number of aromatic nitrogens is 4. The van der Waals surface area contributed by atoms with E-state index in [0.29, 0.717) is 11.0 Å². The number of anilines is 1. The third-order valence-electron chi connectivity index (χ3n) is 4.33. The van der Waals surface area contributed by atoms with Crippen LogP contribution in [-0.4, -0.2) is 39.6 Å². The van der Waals surface area contributed by atoms with Crippen LogP contribution in [0.1, 0.15) is 25.3 Å². The van der Waals surface area contributed by atoms with Crippen LogP contribution in [0.4, 0.5) is 5.82 Å². The normalized spacial score (nSPS) is 12.1. The number of aromatic amines is 1. The maximum absolute atomic E-state index is 11.9. The molecule has 0 amide bonds. The minimum absolute atomic E-state index is 0.100. The Morgan fingerprint density at radius 2 is 2.23 bits per heavy atom. The molecule has 1 N–H and O–H groups in total. The van der Waals surface area contributed by atoms with Gasteiger partial charge in [-0.05, 0) is 37.1 Å². The molecular weight excluding hydrogens is 330 g/mol. The van der Waals surface area contributed by atoms with E-state index < -0.39 is 0 Å². The molecule has 136 valence electrons. The van der Waals surface area contributed by atoms with Crippen molar-refractivity contribution >= 4 is 16.9 Å². The Balaban J connectivity index is 1.71. The molecule has 0 saturated heterocycles. The van der Waals surface area contributed by atoms with E-state index in [4.69, 9.17) is 4.74 Å². The van der Waals surface area contributed by atoms with Crippen molar-refractivity contribution in [3.05, 3.63) is 52.8 Å². The first-order valence-electron chi connectivity index (χ1n) is 8.71. The van der Waals surface area contributed by atoms with Crippen LogP contribution in [0.2, 0.25) is 0 Å². The van der Waals surface area contributed by atoms with Gasteiger partial charge in [0.1, 0.15) is 17.7 Å². The SMILES string of the molecule is CCC(CCN(C)c1nc2nc[nH]c(=O)c2cc1C)Oc1cccnc1. The van der Waals surface area contributed by atoms with Gasteiger partial charge in [0.25, 0.3) is 5.56 Å². The van der Waals surface area contributed by atoms with E-state index in [2.05, 4.69) is 31.8 Å². The van der Waals surface area contributed by atoms with Crippen LogP contribution in [0.25, 0.3) is 11.0 Å². The van der Waals surface area contributed by atoms with Crippen molar-refractivity contribution in [1.82, 2.24) is 19.9 Å². The average molecular weight is 353 g/mol. The molecule has 3 rings (SSSR count). The van der Waals surface area contributed by atoms with Gasteiger partial charge in [0.15, 0.2) is 5.65 Å². The smallest absolute Gasteiger partial charge is 0.260 e. The van der Waals surface area contributed by atoms with Gasteiger partial charge < -0.3 is 14.6 Å². The molecule has 0 aliphatic carbocycles. The lowest BCUT2D eigenvalue weighted by Crippen LogP contribution is -2.27. The number of ether oxygens (including phenoxy) is 1. The summed E-state index contributed by atoms with van der Waals surface area (Å²) in [5, 5.41) is 0.508. The highest BCUT2D eigenvalue weighted by molar-refractivity contribution is 5.77. The molecule has 0 aliphatic rings. The van der Waals surface area contributed by atoms with Gasteiger partial charge in [0.2, 0.25) is 0 Å². The number of fused-ring (bicyclic) bond motifs is 1. The largest absolute Gasteiger partial charge is 0.489 e. The number of hydrogen-bond acceptors (Lipinski definition) is 6. The highest BCUT2D eigenvalue weighted by atomic mass is 16.5. The first kappa shape index (κ1) is 17.8. The van der Waals surface area contributed by atoms with Gasteiger partial charge in [-0.3, -0.25) is 9.78 Å². The monoisotopic (exact) mass is 353 g/mol. The first-order valence-corrected chi connectivity index (χ1v) is 8.71. The van der Waals surface area contributed by atoms with E-state index in [1.54, 1.807) is 12.4 Å². The summed E-state index contributed by atoms with van der Waals surface area (Å²) < 4.78 is 6.00. The molecule has 3 heterocycles. The average Bonchev–Trinajstić information content (AvgIpc) is 2.66. The molecule has 0 aromatic carbocycles. The molecule has 3 aromatic heterocycles. The fourth-order valence-electron chi connectivity index (χ4n) is 2.88. The molecule has 3 aromatic rings. The van der Waals surface area contributed by atoms with Crippen molar-refractivity contribution in [3.8, 4) is 5.75 Å². The summed E-state index contributed by atoms with van der Waals surface area (Å²) in [5.74, 6) is 1.61. The van der Waals surface area contributed by atoms with Crippen LogP contribution in [0, 0.1) is 6.92 Å². The van der Waals surface area contributed by atoms with Gasteiger partial charge in [0, 0.05) is 26.2 Å². The number of hydrogen-bond donors (Lipinski definition) is 1. The topological polar surface area (TPSA) is 84.0 Å². The van der Waals surface area contributed by atoms with Crippen LogP contribution in [0.5, 0.6) is 5.75 Å². The Hall–Kier alpha value is -2.96. The Morgan fingerprint density at radius 1 is 1.38 bits per heavy atom. The van der Waals surface area contributed by atoms with E-state index >= 15 is 0 Å². The zero-order valence-electron chi connectivity index (χ0n) is 15.3. The van der Waals surface area contributed by atoms with Crippen molar-refractivity contribution in [3.63, 3.8) is 0 Å². The maximum Gasteiger partial charge on any atom is 0.260 e. The van der Waals surface area contributed by atoms with Crippen molar-refractivity contribution in [2.45, 2.75) is 32.8 Å². The summed E-state index contributed by atoms with van der Waals surface area (Å²) in [6.07, 6.45) is 6.70. The minimum Gasteiger partial charge on any atom is -0.489 e. The maximum atomic E-state index is 11.9. The number of H-pyrrole nitrogens is 1. The van der Waals surface area contributed by atoms with Crippen LogP contribution >= 0.6 is 0 Å². The second kappa shape index (κ2) is 7.95. The van der Waals surface area contributed by atoms with Crippen molar-refractivity contribution in [1.29, 1.82) is 0 Å². The van der Waals surface area contributed by atoms with Gasteiger partial charge in [-0.2, -0.15) is 0 Å². The molecule has 1 atom stereocenters. The van der Waals surface area contributed by atoms with Crippen molar-refractivity contribution in [2.75, 3.05) is 18.5 Å². The number of rotatable bonds is 7. The summed E-state index contributed by atoms with van der Waals surface area (Å²) in [5.41, 5.74) is 1.23. The molecule has 0 bridgehead atoms. The number of nitrogens with zero attached hydrogens (tertiary/aromatic N) is 4.